The lowest BCUT2D eigenvalue weighted by molar-refractivity contribution is 0.394. The largest absolute Gasteiger partial charge is 0.497 e. The van der Waals surface area contributed by atoms with Crippen molar-refractivity contribution < 1.29 is 22.3 Å². The molecule has 0 radical (unpaired) electrons. The maximum atomic E-state index is 13.9. The highest BCUT2D eigenvalue weighted by molar-refractivity contribution is 7.93. The van der Waals surface area contributed by atoms with Crippen LogP contribution in [0.15, 0.2) is 41.3 Å². The molecular weight excluding hydrogens is 309 g/mol. The van der Waals surface area contributed by atoms with E-state index in [1.54, 1.807) is 18.2 Å². The Morgan fingerprint density at radius 3 is 2.27 bits per heavy atom. The third-order valence-corrected chi connectivity index (χ3v) is 5.43. The maximum absolute atomic E-state index is 13.9. The highest BCUT2D eigenvalue weighted by Gasteiger charge is 2.36. The van der Waals surface area contributed by atoms with E-state index in [0.29, 0.717) is 17.2 Å². The van der Waals surface area contributed by atoms with E-state index < -0.39 is 15.8 Å². The Bertz CT molecular complexity index is 813. The van der Waals surface area contributed by atoms with Crippen molar-refractivity contribution in [3.63, 3.8) is 0 Å². The zero-order chi connectivity index (χ0) is 15.9. The molecule has 0 unspecified atom stereocenters. The minimum Gasteiger partial charge on any atom is -0.497 e. The Morgan fingerprint density at radius 1 is 1.09 bits per heavy atom. The van der Waals surface area contributed by atoms with Crippen molar-refractivity contribution in [3.05, 3.63) is 47.8 Å². The number of nitrogens with zero attached hydrogens (tertiary/aromatic N) is 1. The molecule has 116 valence electrons. The second-order valence-electron chi connectivity index (χ2n) is 4.80. The summed E-state index contributed by atoms with van der Waals surface area (Å²) in [6, 6.07) is 8.84. The average Bonchev–Trinajstić information content (AvgIpc) is 2.79. The van der Waals surface area contributed by atoms with Crippen LogP contribution in [0.3, 0.4) is 0 Å². The number of methoxy groups -OCH3 is 2. The van der Waals surface area contributed by atoms with Gasteiger partial charge in [0, 0.05) is 23.8 Å². The monoisotopic (exact) mass is 323 g/mol. The molecule has 5 nitrogen and oxygen atoms in total. The predicted octanol–water partition coefficient (Wildman–Crippen LogP) is 2.55. The molecule has 1 aliphatic rings. The van der Waals surface area contributed by atoms with E-state index in [1.165, 1.54) is 32.4 Å². The smallest absolute Gasteiger partial charge is 0.265 e. The summed E-state index contributed by atoms with van der Waals surface area (Å²) in [6.45, 7) is -0.0549. The minimum atomic E-state index is -3.79. The van der Waals surface area contributed by atoms with E-state index in [1.807, 2.05) is 0 Å². The van der Waals surface area contributed by atoms with Gasteiger partial charge in [-0.1, -0.05) is 6.07 Å². The molecule has 0 N–H and O–H groups in total. The fourth-order valence-corrected chi connectivity index (χ4v) is 4.09. The Balaban J connectivity index is 2.14. The van der Waals surface area contributed by atoms with Gasteiger partial charge < -0.3 is 9.47 Å². The number of sulfonamides is 1. The van der Waals surface area contributed by atoms with E-state index in [4.69, 9.17) is 9.47 Å². The quantitative estimate of drug-likeness (QED) is 0.871. The zero-order valence-electron chi connectivity index (χ0n) is 12.0. The molecule has 1 heterocycles. The molecule has 0 atom stereocenters. The van der Waals surface area contributed by atoms with Crippen LogP contribution in [-0.2, 0) is 16.6 Å². The molecule has 0 amide bonds. The van der Waals surface area contributed by atoms with E-state index in [2.05, 4.69) is 0 Å². The van der Waals surface area contributed by atoms with Crippen molar-refractivity contribution in [1.29, 1.82) is 0 Å². The SMILES string of the molecule is COc1cc(OC)cc(N2Cc3c(F)cccc3S2(=O)=O)c1. The van der Waals surface area contributed by atoms with Crippen molar-refractivity contribution in [2.45, 2.75) is 11.4 Å². The van der Waals surface area contributed by atoms with Gasteiger partial charge in [0.2, 0.25) is 0 Å². The first-order valence-electron chi connectivity index (χ1n) is 6.50. The van der Waals surface area contributed by atoms with Crippen molar-refractivity contribution in [2.24, 2.45) is 0 Å². The molecule has 3 rings (SSSR count). The number of ether oxygens (including phenoxy) is 2. The second-order valence-corrected chi connectivity index (χ2v) is 6.63. The highest BCUT2D eigenvalue weighted by Crippen LogP contribution is 2.38. The highest BCUT2D eigenvalue weighted by atomic mass is 32.2. The standard InChI is InChI=1S/C15H14FNO4S/c1-20-11-6-10(7-12(8-11)21-2)17-9-13-14(16)4-3-5-15(13)22(17,18)19/h3-8H,9H2,1-2H3. The fourth-order valence-electron chi connectivity index (χ4n) is 2.45. The average molecular weight is 323 g/mol. The van der Waals surface area contributed by atoms with Crippen LogP contribution in [0, 0.1) is 5.82 Å². The molecule has 2 aromatic carbocycles. The lowest BCUT2D eigenvalue weighted by atomic mass is 10.2. The summed E-state index contributed by atoms with van der Waals surface area (Å²) >= 11 is 0. The molecule has 0 saturated heterocycles. The topological polar surface area (TPSA) is 55.8 Å². The maximum Gasteiger partial charge on any atom is 0.265 e. The molecule has 1 aliphatic heterocycles. The van der Waals surface area contributed by atoms with E-state index >= 15 is 0 Å². The number of rotatable bonds is 3. The van der Waals surface area contributed by atoms with Crippen molar-refractivity contribution in [3.8, 4) is 11.5 Å². The van der Waals surface area contributed by atoms with Crippen molar-refractivity contribution in [2.75, 3.05) is 18.5 Å². The molecule has 0 aromatic heterocycles. The van der Waals surface area contributed by atoms with Gasteiger partial charge in [-0.2, -0.15) is 0 Å². The van der Waals surface area contributed by atoms with Gasteiger partial charge in [0.25, 0.3) is 10.0 Å². The van der Waals surface area contributed by atoms with Crippen LogP contribution < -0.4 is 13.8 Å². The summed E-state index contributed by atoms with van der Waals surface area (Å²) in [5, 5.41) is 0. The van der Waals surface area contributed by atoms with Crippen LogP contribution in [0.25, 0.3) is 0 Å². The van der Waals surface area contributed by atoms with Gasteiger partial charge in [-0.25, -0.2) is 12.8 Å². The molecule has 0 saturated carbocycles. The van der Waals surface area contributed by atoms with Gasteiger partial charge in [0.05, 0.1) is 31.3 Å². The van der Waals surface area contributed by atoms with Crippen molar-refractivity contribution in [1.82, 2.24) is 0 Å². The van der Waals surface area contributed by atoms with Crippen LogP contribution in [0.1, 0.15) is 5.56 Å². The number of halogens is 1. The summed E-state index contributed by atoms with van der Waals surface area (Å²) in [4.78, 5) is -0.00529. The van der Waals surface area contributed by atoms with Gasteiger partial charge in [0.1, 0.15) is 17.3 Å². The Labute approximate surface area is 127 Å². The van der Waals surface area contributed by atoms with Gasteiger partial charge in [-0.05, 0) is 12.1 Å². The van der Waals surface area contributed by atoms with Crippen LogP contribution in [0.4, 0.5) is 10.1 Å². The van der Waals surface area contributed by atoms with Crippen molar-refractivity contribution >= 4 is 15.7 Å². The predicted molar refractivity (Wildman–Crippen MR) is 79.3 cm³/mol. The van der Waals surface area contributed by atoms with E-state index in [-0.39, 0.29) is 17.0 Å². The fraction of sp³-hybridized carbons (Fsp3) is 0.200. The molecule has 2 aromatic rings. The van der Waals surface area contributed by atoms with E-state index in [0.717, 1.165) is 4.31 Å². The van der Waals surface area contributed by atoms with Gasteiger partial charge in [-0.3, -0.25) is 4.31 Å². The summed E-state index contributed by atoms with van der Waals surface area (Å²) < 4.78 is 50.5. The summed E-state index contributed by atoms with van der Waals surface area (Å²) in [5.74, 6) is 0.389. The second kappa shape index (κ2) is 5.17. The number of benzene rings is 2. The van der Waals surface area contributed by atoms with Gasteiger partial charge >= 0.3 is 0 Å². The van der Waals surface area contributed by atoms with Gasteiger partial charge in [0.15, 0.2) is 0 Å². The van der Waals surface area contributed by atoms with Crippen LogP contribution in [-0.4, -0.2) is 22.6 Å². The minimum absolute atomic E-state index is 0.00529. The van der Waals surface area contributed by atoms with Gasteiger partial charge in [-0.15, -0.1) is 0 Å². The number of fused-ring (bicyclic) bond motifs is 1. The molecule has 0 bridgehead atoms. The molecule has 0 spiro atoms. The number of hydrogen-bond acceptors (Lipinski definition) is 4. The first-order chi connectivity index (χ1) is 10.5. The molecule has 0 fully saturated rings. The molecule has 22 heavy (non-hydrogen) atoms. The molecule has 0 aliphatic carbocycles. The first kappa shape index (κ1) is 14.6. The molecular formula is C15H14FNO4S. The summed E-state index contributed by atoms with van der Waals surface area (Å²) in [6.07, 6.45) is 0. The normalized spacial score (nSPS) is 15.5. The number of anilines is 1. The lowest BCUT2D eigenvalue weighted by Gasteiger charge is -2.18. The summed E-state index contributed by atoms with van der Waals surface area (Å²) in [7, 11) is -0.834. The van der Waals surface area contributed by atoms with E-state index in [9.17, 15) is 12.8 Å². The Hall–Kier alpha value is -2.28. The summed E-state index contributed by atoms with van der Waals surface area (Å²) in [5.41, 5.74) is 0.538. The Kier molecular flexibility index (Phi) is 3.44. The zero-order valence-corrected chi connectivity index (χ0v) is 12.9. The Morgan fingerprint density at radius 2 is 1.73 bits per heavy atom. The van der Waals surface area contributed by atoms with Crippen LogP contribution in [0.2, 0.25) is 0 Å². The van der Waals surface area contributed by atoms with Crippen LogP contribution in [0.5, 0.6) is 11.5 Å². The lowest BCUT2D eigenvalue weighted by Crippen LogP contribution is -2.23. The third-order valence-electron chi connectivity index (χ3n) is 3.57. The van der Waals surface area contributed by atoms with Crippen LogP contribution >= 0.6 is 0 Å². The number of hydrogen-bond donors (Lipinski definition) is 0. The molecule has 7 heteroatoms. The third kappa shape index (κ3) is 2.18. The first-order valence-corrected chi connectivity index (χ1v) is 7.94.